The number of ether oxygens (including phenoxy) is 1. The molecule has 0 amide bonds. The molecular weight excluding hydrogens is 453 g/mol. The third-order valence-corrected chi connectivity index (χ3v) is 5.73. The van der Waals surface area contributed by atoms with E-state index in [0.717, 1.165) is 6.20 Å². The number of benzene rings is 1. The molecule has 3 rings (SSSR count). The molecule has 10 heteroatoms. The zero-order valence-corrected chi connectivity index (χ0v) is 19.2. The van der Waals surface area contributed by atoms with Crippen molar-refractivity contribution >= 4 is 17.0 Å². The number of carboxylic acid groups (broad SMARTS) is 1. The number of aromatic nitrogens is 2. The second-order valence-corrected chi connectivity index (χ2v) is 9.02. The molecule has 3 aromatic rings. The van der Waals surface area contributed by atoms with Crippen LogP contribution in [0, 0.1) is 22.9 Å². The lowest BCUT2D eigenvalue weighted by molar-refractivity contribution is 0.0692. The normalized spacial score (nSPS) is 12.7. The lowest BCUT2D eigenvalue weighted by Crippen LogP contribution is -2.31. The van der Waals surface area contributed by atoms with Crippen molar-refractivity contribution in [3.8, 4) is 5.88 Å². The summed E-state index contributed by atoms with van der Waals surface area (Å²) in [4.78, 5) is 29.1. The number of rotatable bonds is 7. The van der Waals surface area contributed by atoms with E-state index < -0.39 is 45.9 Å². The summed E-state index contributed by atoms with van der Waals surface area (Å²) >= 11 is 0. The number of aromatic carboxylic acids is 1. The zero-order chi connectivity index (χ0) is 25.4. The van der Waals surface area contributed by atoms with Crippen LogP contribution in [0.2, 0.25) is 0 Å². The fraction of sp³-hybridized carbons (Fsp3) is 0.375. The average Bonchev–Trinajstić information content (AvgIpc) is 2.73. The topological polar surface area (TPSA) is 102 Å². The first kappa shape index (κ1) is 25.2. The molecule has 0 aliphatic carbocycles. The molecule has 0 radical (unpaired) electrons. The van der Waals surface area contributed by atoms with Gasteiger partial charge in [0.2, 0.25) is 11.3 Å². The molecule has 0 aliphatic rings. The molecule has 0 saturated heterocycles. The molecule has 2 N–H and O–H groups in total. The van der Waals surface area contributed by atoms with Crippen LogP contribution >= 0.6 is 0 Å². The van der Waals surface area contributed by atoms with Crippen molar-refractivity contribution < 1.29 is 32.9 Å². The second-order valence-electron chi connectivity index (χ2n) is 9.02. The predicted octanol–water partition coefficient (Wildman–Crippen LogP) is 3.89. The van der Waals surface area contributed by atoms with Gasteiger partial charge >= 0.3 is 5.97 Å². The third kappa shape index (κ3) is 4.77. The lowest BCUT2D eigenvalue weighted by atomic mass is 9.86. The van der Waals surface area contributed by atoms with Gasteiger partial charge in [0.05, 0.1) is 25.1 Å². The quantitative estimate of drug-likeness (QED) is 0.534. The first-order valence-electron chi connectivity index (χ1n) is 10.5. The maximum atomic E-state index is 14.1. The Morgan fingerprint density at radius 3 is 2.26 bits per heavy atom. The SMILES string of the molecule is COc1nc2c(cc1CCc1c(F)cc(F)cc1F)c(=O)c(C(=O)O)cn2[C@H](CO)C(C)(C)C. The number of methoxy groups -OCH3 is 1. The molecule has 0 bridgehead atoms. The van der Waals surface area contributed by atoms with Crippen LogP contribution in [0.15, 0.2) is 29.2 Å². The lowest BCUT2D eigenvalue weighted by Gasteiger charge is -2.32. The minimum atomic E-state index is -1.45. The number of hydrogen-bond acceptors (Lipinski definition) is 5. The molecule has 0 aliphatic heterocycles. The molecular formula is C24H25F3N2O5. The van der Waals surface area contributed by atoms with Gasteiger partial charge in [-0.15, -0.1) is 0 Å². The van der Waals surface area contributed by atoms with Gasteiger partial charge in [-0.3, -0.25) is 4.79 Å². The van der Waals surface area contributed by atoms with Gasteiger partial charge in [-0.25, -0.2) is 18.0 Å². The molecule has 34 heavy (non-hydrogen) atoms. The van der Waals surface area contributed by atoms with Gasteiger partial charge in [0.25, 0.3) is 0 Å². The molecule has 182 valence electrons. The highest BCUT2D eigenvalue weighted by atomic mass is 19.1. The minimum absolute atomic E-state index is 0.0228. The van der Waals surface area contributed by atoms with Crippen LogP contribution in [0.4, 0.5) is 13.2 Å². The van der Waals surface area contributed by atoms with E-state index in [-0.39, 0.29) is 41.9 Å². The maximum Gasteiger partial charge on any atom is 0.341 e. The van der Waals surface area contributed by atoms with Gasteiger partial charge in [-0.2, -0.15) is 4.98 Å². The number of carbonyl (C=O) groups is 1. The molecule has 0 fully saturated rings. The fourth-order valence-electron chi connectivity index (χ4n) is 3.89. The van der Waals surface area contributed by atoms with Crippen molar-refractivity contribution in [3.05, 3.63) is 68.8 Å². The Balaban J connectivity index is 2.22. The van der Waals surface area contributed by atoms with Crippen molar-refractivity contribution in [3.63, 3.8) is 0 Å². The average molecular weight is 478 g/mol. The Hall–Kier alpha value is -3.40. The van der Waals surface area contributed by atoms with Crippen LogP contribution in [-0.2, 0) is 12.8 Å². The van der Waals surface area contributed by atoms with Gasteiger partial charge in [0.1, 0.15) is 28.7 Å². The first-order chi connectivity index (χ1) is 15.9. The van der Waals surface area contributed by atoms with E-state index in [1.54, 1.807) is 0 Å². The van der Waals surface area contributed by atoms with Gasteiger partial charge in [-0.05, 0) is 24.3 Å². The number of pyridine rings is 2. The van der Waals surface area contributed by atoms with Crippen LogP contribution in [0.25, 0.3) is 11.0 Å². The third-order valence-electron chi connectivity index (χ3n) is 5.73. The largest absolute Gasteiger partial charge is 0.481 e. The summed E-state index contributed by atoms with van der Waals surface area (Å²) in [6.45, 7) is 5.18. The molecule has 2 heterocycles. The number of hydrogen-bond donors (Lipinski definition) is 2. The number of fused-ring (bicyclic) bond motifs is 1. The smallest absolute Gasteiger partial charge is 0.341 e. The first-order valence-corrected chi connectivity index (χ1v) is 10.5. The summed E-state index contributed by atoms with van der Waals surface area (Å²) in [6.07, 6.45) is 0.940. The molecule has 0 spiro atoms. The summed E-state index contributed by atoms with van der Waals surface area (Å²) < 4.78 is 48.1. The number of aliphatic hydroxyl groups excluding tert-OH is 1. The van der Waals surface area contributed by atoms with Gasteiger partial charge < -0.3 is 19.5 Å². The highest BCUT2D eigenvalue weighted by Crippen LogP contribution is 2.33. The Labute approximate surface area is 193 Å². The monoisotopic (exact) mass is 478 g/mol. The molecule has 1 atom stereocenters. The minimum Gasteiger partial charge on any atom is -0.481 e. The fourth-order valence-corrected chi connectivity index (χ4v) is 3.89. The number of nitrogens with zero attached hydrogens (tertiary/aromatic N) is 2. The number of aryl methyl sites for hydroxylation is 1. The Bertz CT molecular complexity index is 1290. The van der Waals surface area contributed by atoms with Crippen molar-refractivity contribution in [1.82, 2.24) is 9.55 Å². The van der Waals surface area contributed by atoms with Crippen LogP contribution in [0.5, 0.6) is 5.88 Å². The van der Waals surface area contributed by atoms with Gasteiger partial charge in [0, 0.05) is 29.5 Å². The Morgan fingerprint density at radius 1 is 1.15 bits per heavy atom. The summed E-state index contributed by atoms with van der Waals surface area (Å²) in [7, 11) is 1.33. The van der Waals surface area contributed by atoms with E-state index in [9.17, 15) is 33.0 Å². The predicted molar refractivity (Wildman–Crippen MR) is 119 cm³/mol. The van der Waals surface area contributed by atoms with Crippen LogP contribution < -0.4 is 10.2 Å². The Kier molecular flexibility index (Phi) is 7.02. The maximum absolute atomic E-state index is 14.1. The molecule has 0 saturated carbocycles. The van der Waals surface area contributed by atoms with E-state index in [2.05, 4.69) is 4.98 Å². The van der Waals surface area contributed by atoms with Crippen molar-refractivity contribution in [2.45, 2.75) is 39.7 Å². The van der Waals surface area contributed by atoms with E-state index in [0.29, 0.717) is 17.7 Å². The van der Waals surface area contributed by atoms with E-state index in [1.807, 2.05) is 20.8 Å². The van der Waals surface area contributed by atoms with Crippen LogP contribution in [-0.4, -0.2) is 39.5 Å². The van der Waals surface area contributed by atoms with Crippen molar-refractivity contribution in [1.29, 1.82) is 0 Å². The molecule has 1 aromatic carbocycles. The second kappa shape index (κ2) is 9.46. The Morgan fingerprint density at radius 2 is 1.76 bits per heavy atom. The van der Waals surface area contributed by atoms with E-state index in [1.165, 1.54) is 17.7 Å². The van der Waals surface area contributed by atoms with Crippen LogP contribution in [0.1, 0.15) is 48.3 Å². The van der Waals surface area contributed by atoms with Gasteiger partial charge in [0.15, 0.2) is 0 Å². The number of aliphatic hydroxyl groups is 1. The highest BCUT2D eigenvalue weighted by molar-refractivity contribution is 5.92. The summed E-state index contributed by atoms with van der Waals surface area (Å²) in [5.74, 6) is -4.51. The number of carboxylic acids is 1. The summed E-state index contributed by atoms with van der Waals surface area (Å²) in [5.41, 5.74) is -1.76. The summed E-state index contributed by atoms with van der Waals surface area (Å²) in [5, 5.41) is 19.6. The molecule has 7 nitrogen and oxygen atoms in total. The summed E-state index contributed by atoms with van der Waals surface area (Å²) in [6, 6.07) is 1.91. The molecule has 0 unspecified atom stereocenters. The van der Waals surface area contributed by atoms with Crippen LogP contribution in [0.3, 0.4) is 0 Å². The zero-order valence-electron chi connectivity index (χ0n) is 19.2. The number of halogens is 3. The van der Waals surface area contributed by atoms with Gasteiger partial charge in [-0.1, -0.05) is 20.8 Å². The molecule has 2 aromatic heterocycles. The van der Waals surface area contributed by atoms with Crippen molar-refractivity contribution in [2.75, 3.05) is 13.7 Å². The standard InChI is InChI=1S/C24H25F3N2O5/c1-24(2,3)19(11-30)29-10-16(23(32)33)20(31)15-7-12(22(34-4)28-21(15)29)5-6-14-17(26)8-13(25)9-18(14)27/h7-10,19,30H,5-6,11H2,1-4H3,(H,32,33)/t19-/m1/s1. The van der Waals surface area contributed by atoms with E-state index >= 15 is 0 Å². The van der Waals surface area contributed by atoms with Crippen molar-refractivity contribution in [2.24, 2.45) is 5.41 Å². The van der Waals surface area contributed by atoms with E-state index in [4.69, 9.17) is 4.74 Å². The highest BCUT2D eigenvalue weighted by Gasteiger charge is 2.29.